The Hall–Kier alpha value is -3.74. The highest BCUT2D eigenvalue weighted by atomic mass is 16.7. The molecule has 3 aromatic carbocycles. The first-order valence-corrected chi connectivity index (χ1v) is 12.0. The molecule has 5 rings (SSSR count). The van der Waals surface area contributed by atoms with Gasteiger partial charge in [0.2, 0.25) is 6.79 Å². The molecule has 1 amide bonds. The minimum absolute atomic E-state index is 0.0101. The molecule has 2 aliphatic rings. The number of fused-ring (bicyclic) bond motifs is 2. The van der Waals surface area contributed by atoms with Crippen molar-refractivity contribution < 1.29 is 28.5 Å². The Morgan fingerprint density at radius 2 is 1.69 bits per heavy atom. The van der Waals surface area contributed by atoms with Crippen LogP contribution in [-0.2, 0) is 14.3 Å². The second-order valence-electron chi connectivity index (χ2n) is 9.05. The maximum absolute atomic E-state index is 12.3. The molecule has 7 nitrogen and oxygen atoms in total. The zero-order valence-corrected chi connectivity index (χ0v) is 19.8. The summed E-state index contributed by atoms with van der Waals surface area (Å²) in [6, 6.07) is 17.9. The van der Waals surface area contributed by atoms with Gasteiger partial charge >= 0.3 is 5.97 Å². The van der Waals surface area contributed by atoms with Crippen molar-refractivity contribution in [3.63, 3.8) is 0 Å². The van der Waals surface area contributed by atoms with Crippen molar-refractivity contribution in [3.8, 4) is 17.2 Å². The first-order valence-electron chi connectivity index (χ1n) is 12.0. The highest BCUT2D eigenvalue weighted by Gasteiger charge is 2.23. The maximum atomic E-state index is 12.3. The summed E-state index contributed by atoms with van der Waals surface area (Å²) in [7, 11) is 1.39. The van der Waals surface area contributed by atoms with E-state index in [-0.39, 0.29) is 43.7 Å². The van der Waals surface area contributed by atoms with Crippen LogP contribution in [0.5, 0.6) is 17.2 Å². The average Bonchev–Trinajstić information content (AvgIpc) is 3.57. The van der Waals surface area contributed by atoms with Crippen LogP contribution in [-0.4, -0.2) is 38.4 Å². The molecule has 0 aromatic heterocycles. The molecule has 1 N–H and O–H groups in total. The van der Waals surface area contributed by atoms with E-state index < -0.39 is 0 Å². The van der Waals surface area contributed by atoms with E-state index >= 15 is 0 Å². The van der Waals surface area contributed by atoms with Crippen molar-refractivity contribution in [2.75, 3.05) is 20.5 Å². The van der Waals surface area contributed by atoms with Gasteiger partial charge in [-0.3, -0.25) is 9.59 Å². The van der Waals surface area contributed by atoms with E-state index in [4.69, 9.17) is 18.9 Å². The molecule has 182 valence electrons. The number of carbonyl (C=O) groups is 2. The summed E-state index contributed by atoms with van der Waals surface area (Å²) in [5, 5.41) is 5.05. The third-order valence-electron chi connectivity index (χ3n) is 6.73. The molecule has 0 saturated heterocycles. The fourth-order valence-corrected chi connectivity index (χ4v) is 4.85. The maximum Gasteiger partial charge on any atom is 0.306 e. The highest BCUT2D eigenvalue weighted by Crippen LogP contribution is 2.38. The van der Waals surface area contributed by atoms with E-state index in [0.717, 1.165) is 34.7 Å². The second-order valence-corrected chi connectivity index (χ2v) is 9.05. The number of methoxy groups -OCH3 is 1. The second kappa shape index (κ2) is 10.3. The van der Waals surface area contributed by atoms with E-state index in [1.54, 1.807) is 0 Å². The molecule has 0 spiro atoms. The van der Waals surface area contributed by atoms with Crippen LogP contribution < -0.4 is 19.5 Å². The van der Waals surface area contributed by atoms with Gasteiger partial charge in [0.15, 0.2) is 18.1 Å². The minimum atomic E-state index is -0.293. The summed E-state index contributed by atoms with van der Waals surface area (Å²) in [6.45, 7) is 0.182. The molecule has 35 heavy (non-hydrogen) atoms. The number of amides is 1. The van der Waals surface area contributed by atoms with Crippen molar-refractivity contribution in [2.45, 2.75) is 44.1 Å². The number of rotatable bonds is 8. The lowest BCUT2D eigenvalue weighted by molar-refractivity contribution is -0.140. The number of nitrogens with one attached hydrogen (secondary N) is 1. The van der Waals surface area contributed by atoms with Crippen LogP contribution in [0, 0.1) is 0 Å². The number of hydrogen-bond donors (Lipinski definition) is 1. The molecule has 7 heteroatoms. The van der Waals surface area contributed by atoms with Crippen molar-refractivity contribution >= 4 is 22.6 Å². The quantitative estimate of drug-likeness (QED) is 0.476. The fraction of sp³-hybridized carbons (Fsp3) is 0.357. The van der Waals surface area contributed by atoms with Gasteiger partial charge in [-0.1, -0.05) is 43.2 Å². The van der Waals surface area contributed by atoms with Gasteiger partial charge in [-0.05, 0) is 59.0 Å². The topological polar surface area (TPSA) is 83.1 Å². The largest absolute Gasteiger partial charge is 0.484 e. The summed E-state index contributed by atoms with van der Waals surface area (Å²) in [4.78, 5) is 24.5. The van der Waals surface area contributed by atoms with E-state index in [0.29, 0.717) is 17.2 Å². The van der Waals surface area contributed by atoms with Crippen LogP contribution in [0.1, 0.15) is 49.1 Å². The van der Waals surface area contributed by atoms with Crippen LogP contribution in [0.3, 0.4) is 0 Å². The van der Waals surface area contributed by atoms with Gasteiger partial charge in [-0.15, -0.1) is 0 Å². The number of esters is 1. The third-order valence-corrected chi connectivity index (χ3v) is 6.73. The molecule has 1 atom stereocenters. The smallest absolute Gasteiger partial charge is 0.306 e. The molecule has 1 heterocycles. The van der Waals surface area contributed by atoms with Gasteiger partial charge in [0.25, 0.3) is 5.91 Å². The van der Waals surface area contributed by atoms with E-state index in [1.807, 2.05) is 48.5 Å². The SMILES string of the molecule is COC(=O)CC(c1ccc2c(c1)OCO2)c1ccc2ccc(OCC(=O)NC3CCCC3)cc2c1. The molecule has 3 aromatic rings. The highest BCUT2D eigenvalue weighted by molar-refractivity contribution is 5.85. The standard InChI is InChI=1S/C28H29NO6/c1-32-28(31)15-24(20-9-11-25-26(14-20)35-17-34-25)19-7-6-18-8-10-23(13-21(18)12-19)33-16-27(30)29-22-4-2-3-5-22/h6-14,22,24H,2-5,15-17H2,1H3,(H,29,30). The van der Waals surface area contributed by atoms with Gasteiger partial charge in [-0.25, -0.2) is 0 Å². The van der Waals surface area contributed by atoms with Gasteiger partial charge in [0.05, 0.1) is 13.5 Å². The average molecular weight is 476 g/mol. The summed E-state index contributed by atoms with van der Waals surface area (Å²) >= 11 is 0. The Morgan fingerprint density at radius 3 is 2.51 bits per heavy atom. The molecular formula is C28H29NO6. The lowest BCUT2D eigenvalue weighted by Gasteiger charge is -2.18. The minimum Gasteiger partial charge on any atom is -0.484 e. The number of benzene rings is 3. The zero-order chi connectivity index (χ0) is 24.2. The first-order chi connectivity index (χ1) is 17.1. The molecule has 1 aliphatic carbocycles. The molecular weight excluding hydrogens is 446 g/mol. The van der Waals surface area contributed by atoms with E-state index in [1.165, 1.54) is 20.0 Å². The lowest BCUT2D eigenvalue weighted by Crippen LogP contribution is -2.36. The number of ether oxygens (including phenoxy) is 4. The Bertz CT molecular complexity index is 1230. The van der Waals surface area contributed by atoms with Crippen molar-refractivity contribution in [1.29, 1.82) is 0 Å². The first kappa shape index (κ1) is 23.0. The molecule has 0 radical (unpaired) electrons. The van der Waals surface area contributed by atoms with Crippen LogP contribution in [0.25, 0.3) is 10.8 Å². The summed E-state index contributed by atoms with van der Waals surface area (Å²) in [5.74, 6) is 1.39. The van der Waals surface area contributed by atoms with Crippen molar-refractivity contribution in [1.82, 2.24) is 5.32 Å². The molecule has 1 fully saturated rings. The van der Waals surface area contributed by atoms with Gasteiger partial charge in [0, 0.05) is 12.0 Å². The molecule has 0 bridgehead atoms. The third kappa shape index (κ3) is 5.34. The van der Waals surface area contributed by atoms with Crippen molar-refractivity contribution in [2.24, 2.45) is 0 Å². The molecule has 1 aliphatic heterocycles. The predicted molar refractivity (Wildman–Crippen MR) is 131 cm³/mol. The normalized spacial score (nSPS) is 15.7. The van der Waals surface area contributed by atoms with E-state index in [2.05, 4.69) is 11.4 Å². The van der Waals surface area contributed by atoms with Crippen LogP contribution in [0.15, 0.2) is 54.6 Å². The van der Waals surface area contributed by atoms with Crippen LogP contribution in [0.2, 0.25) is 0 Å². The lowest BCUT2D eigenvalue weighted by atomic mass is 9.87. The Morgan fingerprint density at radius 1 is 0.943 bits per heavy atom. The Kier molecular flexibility index (Phi) is 6.75. The fourth-order valence-electron chi connectivity index (χ4n) is 4.85. The number of hydrogen-bond acceptors (Lipinski definition) is 6. The monoisotopic (exact) mass is 475 g/mol. The van der Waals surface area contributed by atoms with Crippen molar-refractivity contribution in [3.05, 3.63) is 65.7 Å². The Balaban J connectivity index is 1.37. The predicted octanol–water partition coefficient (Wildman–Crippen LogP) is 4.70. The van der Waals surface area contributed by atoms with Crippen LogP contribution in [0.4, 0.5) is 0 Å². The number of carbonyl (C=O) groups excluding carboxylic acids is 2. The summed E-state index contributed by atoms with van der Waals surface area (Å²) in [6.07, 6.45) is 4.62. The molecule has 1 unspecified atom stereocenters. The van der Waals surface area contributed by atoms with Crippen LogP contribution >= 0.6 is 0 Å². The van der Waals surface area contributed by atoms with Gasteiger partial charge < -0.3 is 24.3 Å². The van der Waals surface area contributed by atoms with Gasteiger partial charge in [-0.2, -0.15) is 0 Å². The summed E-state index contributed by atoms with van der Waals surface area (Å²) < 4.78 is 21.7. The van der Waals surface area contributed by atoms with E-state index in [9.17, 15) is 9.59 Å². The summed E-state index contributed by atoms with van der Waals surface area (Å²) in [5.41, 5.74) is 1.91. The zero-order valence-electron chi connectivity index (χ0n) is 19.8. The van der Waals surface area contributed by atoms with Gasteiger partial charge in [0.1, 0.15) is 5.75 Å². The molecule has 1 saturated carbocycles. The Labute approximate surface area is 204 Å².